The summed E-state index contributed by atoms with van der Waals surface area (Å²) in [5.41, 5.74) is 2.09. The van der Waals surface area contributed by atoms with Crippen LogP contribution in [0.1, 0.15) is 29.1 Å². The van der Waals surface area contributed by atoms with Crippen LogP contribution in [-0.4, -0.2) is 28.4 Å². The molecule has 3 aromatic rings. The number of hydrogen-bond donors (Lipinski definition) is 1. The molecule has 0 unspecified atom stereocenters. The number of fused-ring (bicyclic) bond motifs is 4. The fourth-order valence-corrected chi connectivity index (χ4v) is 5.91. The van der Waals surface area contributed by atoms with Crippen LogP contribution in [0.25, 0.3) is 10.2 Å². The van der Waals surface area contributed by atoms with Gasteiger partial charge >= 0.3 is 0 Å². The van der Waals surface area contributed by atoms with Crippen LogP contribution >= 0.6 is 23.1 Å². The molecule has 1 amide bonds. The summed E-state index contributed by atoms with van der Waals surface area (Å²) >= 11 is 3.27. The highest BCUT2D eigenvalue weighted by atomic mass is 32.2. The molecular weight excluding hydrogens is 394 g/mol. The minimum absolute atomic E-state index is 0.0719. The van der Waals surface area contributed by atoms with Crippen LogP contribution in [0.3, 0.4) is 0 Å². The van der Waals surface area contributed by atoms with Crippen LogP contribution in [0.2, 0.25) is 0 Å². The molecule has 0 bridgehead atoms. The molecule has 1 aliphatic carbocycles. The van der Waals surface area contributed by atoms with Crippen LogP contribution in [0.4, 0.5) is 5.69 Å². The molecule has 6 nitrogen and oxygen atoms in total. The first-order chi connectivity index (χ1) is 13.7. The summed E-state index contributed by atoms with van der Waals surface area (Å²) in [6.07, 6.45) is 4.66. The molecule has 0 radical (unpaired) electrons. The van der Waals surface area contributed by atoms with Crippen LogP contribution in [0.5, 0.6) is 11.5 Å². The van der Waals surface area contributed by atoms with Crippen LogP contribution in [0.15, 0.2) is 23.2 Å². The van der Waals surface area contributed by atoms with Crippen molar-refractivity contribution in [3.05, 3.63) is 34.5 Å². The van der Waals surface area contributed by atoms with Crippen molar-refractivity contribution in [2.75, 3.05) is 17.9 Å². The predicted molar refractivity (Wildman–Crippen MR) is 111 cm³/mol. The van der Waals surface area contributed by atoms with E-state index < -0.39 is 0 Å². The number of thiophene rings is 1. The molecule has 0 spiro atoms. The molecule has 0 fully saturated rings. The molecule has 3 heterocycles. The van der Waals surface area contributed by atoms with Crippen molar-refractivity contribution in [3.63, 3.8) is 0 Å². The SMILES string of the molecule is Cc1nc(SCC(=O)Nc2ccc3c(c2)OCO3)c2c3c(sc2n1)CCCC3. The van der Waals surface area contributed by atoms with Gasteiger partial charge in [-0.3, -0.25) is 4.79 Å². The molecule has 2 aliphatic rings. The van der Waals surface area contributed by atoms with E-state index in [1.165, 1.54) is 35.0 Å². The summed E-state index contributed by atoms with van der Waals surface area (Å²) in [4.78, 5) is 24.3. The average Bonchev–Trinajstić information content (AvgIpc) is 3.29. The van der Waals surface area contributed by atoms with Crippen molar-refractivity contribution < 1.29 is 14.3 Å². The summed E-state index contributed by atoms with van der Waals surface area (Å²) in [5.74, 6) is 2.34. The summed E-state index contributed by atoms with van der Waals surface area (Å²) in [6, 6.07) is 5.41. The maximum absolute atomic E-state index is 12.5. The van der Waals surface area contributed by atoms with E-state index in [0.29, 0.717) is 22.9 Å². The number of nitrogens with one attached hydrogen (secondary N) is 1. The Hall–Kier alpha value is -2.32. The zero-order chi connectivity index (χ0) is 19.1. The topological polar surface area (TPSA) is 73.3 Å². The number of rotatable bonds is 4. The Bertz CT molecular complexity index is 1080. The van der Waals surface area contributed by atoms with Gasteiger partial charge in [0.1, 0.15) is 15.7 Å². The molecule has 1 aliphatic heterocycles. The summed E-state index contributed by atoms with van der Waals surface area (Å²) in [5, 5.41) is 5.00. The van der Waals surface area contributed by atoms with E-state index in [4.69, 9.17) is 9.47 Å². The van der Waals surface area contributed by atoms with Crippen molar-refractivity contribution in [3.8, 4) is 11.5 Å². The van der Waals surface area contributed by atoms with Gasteiger partial charge in [-0.2, -0.15) is 0 Å². The number of amides is 1. The molecule has 8 heteroatoms. The number of anilines is 1. The van der Waals surface area contributed by atoms with Gasteiger partial charge in [0.15, 0.2) is 11.5 Å². The fourth-order valence-electron chi connectivity index (χ4n) is 3.64. The van der Waals surface area contributed by atoms with Crippen molar-refractivity contribution in [2.45, 2.75) is 37.6 Å². The fraction of sp³-hybridized carbons (Fsp3) is 0.350. The molecule has 0 atom stereocenters. The van der Waals surface area contributed by atoms with Gasteiger partial charge in [0.2, 0.25) is 12.7 Å². The van der Waals surface area contributed by atoms with Gasteiger partial charge in [0.25, 0.3) is 0 Å². The Labute approximate surface area is 170 Å². The van der Waals surface area contributed by atoms with E-state index in [2.05, 4.69) is 15.3 Å². The van der Waals surface area contributed by atoms with E-state index in [1.54, 1.807) is 23.5 Å². The predicted octanol–water partition coefficient (Wildman–Crippen LogP) is 4.34. The number of aromatic nitrogens is 2. The smallest absolute Gasteiger partial charge is 0.234 e. The van der Waals surface area contributed by atoms with Crippen molar-refractivity contribution in [1.29, 1.82) is 0 Å². The van der Waals surface area contributed by atoms with E-state index >= 15 is 0 Å². The molecule has 144 valence electrons. The minimum Gasteiger partial charge on any atom is -0.454 e. The van der Waals surface area contributed by atoms with Crippen molar-refractivity contribution in [1.82, 2.24) is 9.97 Å². The highest BCUT2D eigenvalue weighted by Gasteiger charge is 2.21. The summed E-state index contributed by atoms with van der Waals surface area (Å²) in [7, 11) is 0. The molecule has 28 heavy (non-hydrogen) atoms. The first-order valence-corrected chi connectivity index (χ1v) is 11.1. The standard InChI is InChI=1S/C20H19N3O3S2/c1-11-21-19(18-13-4-2-3-5-16(13)28-20(18)22-11)27-9-17(24)23-12-6-7-14-15(8-12)26-10-25-14/h6-8H,2-5,9-10H2,1H3,(H,23,24). The second-order valence-electron chi connectivity index (χ2n) is 6.87. The molecule has 1 aromatic carbocycles. The number of nitrogens with zero attached hydrogens (tertiary/aromatic N) is 2. The molecule has 2 aromatic heterocycles. The third-order valence-electron chi connectivity index (χ3n) is 4.89. The Balaban J connectivity index is 1.34. The van der Waals surface area contributed by atoms with Gasteiger partial charge in [0, 0.05) is 22.0 Å². The number of hydrogen-bond acceptors (Lipinski definition) is 7. The first kappa shape index (κ1) is 17.8. The number of ether oxygens (including phenoxy) is 2. The van der Waals surface area contributed by atoms with Gasteiger partial charge in [-0.05, 0) is 50.3 Å². The number of carbonyl (C=O) groups is 1. The monoisotopic (exact) mass is 413 g/mol. The maximum atomic E-state index is 12.5. The summed E-state index contributed by atoms with van der Waals surface area (Å²) in [6.45, 7) is 2.13. The highest BCUT2D eigenvalue weighted by molar-refractivity contribution is 8.00. The largest absolute Gasteiger partial charge is 0.454 e. The van der Waals surface area contributed by atoms with Gasteiger partial charge in [-0.15, -0.1) is 11.3 Å². The van der Waals surface area contributed by atoms with Gasteiger partial charge < -0.3 is 14.8 Å². The van der Waals surface area contributed by atoms with E-state index in [1.807, 2.05) is 13.0 Å². The van der Waals surface area contributed by atoms with Gasteiger partial charge in [-0.1, -0.05) is 11.8 Å². The van der Waals surface area contributed by atoms with E-state index in [-0.39, 0.29) is 12.7 Å². The average molecular weight is 414 g/mol. The Kier molecular flexibility index (Phi) is 4.60. The van der Waals surface area contributed by atoms with Gasteiger partial charge in [0.05, 0.1) is 5.75 Å². The molecule has 1 N–H and O–H groups in total. The Morgan fingerprint density at radius 3 is 3.00 bits per heavy atom. The third-order valence-corrected chi connectivity index (χ3v) is 7.05. The quantitative estimate of drug-likeness (QED) is 0.507. The van der Waals surface area contributed by atoms with E-state index in [9.17, 15) is 4.79 Å². The second kappa shape index (κ2) is 7.25. The molecule has 0 saturated carbocycles. The maximum Gasteiger partial charge on any atom is 0.234 e. The van der Waals surface area contributed by atoms with E-state index in [0.717, 1.165) is 33.9 Å². The molecule has 5 rings (SSSR count). The number of benzene rings is 1. The lowest BCUT2D eigenvalue weighted by Crippen LogP contribution is -2.14. The van der Waals surface area contributed by atoms with Crippen LogP contribution in [0, 0.1) is 6.92 Å². The first-order valence-electron chi connectivity index (χ1n) is 9.28. The molecular formula is C20H19N3O3S2. The summed E-state index contributed by atoms with van der Waals surface area (Å²) < 4.78 is 10.7. The van der Waals surface area contributed by atoms with Crippen molar-refractivity contribution in [2.24, 2.45) is 0 Å². The number of thioether (sulfide) groups is 1. The highest BCUT2D eigenvalue weighted by Crippen LogP contribution is 2.40. The van der Waals surface area contributed by atoms with Gasteiger partial charge in [-0.25, -0.2) is 9.97 Å². The van der Waals surface area contributed by atoms with Crippen LogP contribution < -0.4 is 14.8 Å². The normalized spacial score (nSPS) is 14.9. The lowest BCUT2D eigenvalue weighted by molar-refractivity contribution is -0.113. The van der Waals surface area contributed by atoms with Crippen molar-refractivity contribution >= 4 is 44.9 Å². The zero-order valence-corrected chi connectivity index (χ0v) is 17.0. The zero-order valence-electron chi connectivity index (χ0n) is 15.4. The Morgan fingerprint density at radius 2 is 2.07 bits per heavy atom. The molecule has 0 saturated heterocycles. The lowest BCUT2D eigenvalue weighted by Gasteiger charge is -2.12. The number of carbonyl (C=O) groups excluding carboxylic acids is 1. The number of aryl methyl sites for hydroxylation is 3. The third kappa shape index (κ3) is 3.31. The minimum atomic E-state index is -0.0719. The second-order valence-corrected chi connectivity index (χ2v) is 8.92. The van der Waals surface area contributed by atoms with Crippen LogP contribution in [-0.2, 0) is 17.6 Å². The lowest BCUT2D eigenvalue weighted by atomic mass is 9.97. The Morgan fingerprint density at radius 1 is 1.21 bits per heavy atom.